The molecule has 7 heteroatoms. The summed E-state index contributed by atoms with van der Waals surface area (Å²) in [5.41, 5.74) is 0.462. The number of ether oxygens (including phenoxy) is 1. The third kappa shape index (κ3) is 3.27. The van der Waals surface area contributed by atoms with Crippen LogP contribution in [0, 0.1) is 10.1 Å². The van der Waals surface area contributed by atoms with Crippen LogP contribution >= 0.6 is 0 Å². The van der Waals surface area contributed by atoms with Crippen molar-refractivity contribution in [3.8, 4) is 0 Å². The van der Waals surface area contributed by atoms with Crippen LogP contribution in [0.5, 0.6) is 0 Å². The Kier molecular flexibility index (Phi) is 3.74. The van der Waals surface area contributed by atoms with Crippen LogP contribution in [0.3, 0.4) is 0 Å². The van der Waals surface area contributed by atoms with Crippen molar-refractivity contribution >= 4 is 17.6 Å². The number of amides is 1. The van der Waals surface area contributed by atoms with Gasteiger partial charge in [0.15, 0.2) is 0 Å². The minimum Gasteiger partial charge on any atom is -0.464 e. The molecule has 0 bridgehead atoms. The first-order valence-electron chi connectivity index (χ1n) is 5.75. The van der Waals surface area contributed by atoms with Crippen molar-refractivity contribution < 1.29 is 19.2 Å². The number of nitro groups is 1. The van der Waals surface area contributed by atoms with Crippen molar-refractivity contribution in [2.45, 2.75) is 18.9 Å². The van der Waals surface area contributed by atoms with Crippen LogP contribution in [0.1, 0.15) is 12.0 Å². The van der Waals surface area contributed by atoms with Crippen molar-refractivity contribution in [3.63, 3.8) is 0 Å². The van der Waals surface area contributed by atoms with Gasteiger partial charge in [0.25, 0.3) is 5.69 Å². The van der Waals surface area contributed by atoms with Crippen molar-refractivity contribution in [1.29, 1.82) is 0 Å². The van der Waals surface area contributed by atoms with Gasteiger partial charge in [0, 0.05) is 18.6 Å². The second kappa shape index (κ2) is 5.47. The molecule has 19 heavy (non-hydrogen) atoms. The summed E-state index contributed by atoms with van der Waals surface area (Å²) >= 11 is 0. The molecule has 1 atom stereocenters. The zero-order valence-electron chi connectivity index (χ0n) is 10.00. The van der Waals surface area contributed by atoms with E-state index >= 15 is 0 Å². The fourth-order valence-electron chi connectivity index (χ4n) is 1.84. The predicted octanol–water partition coefficient (Wildman–Crippen LogP) is 0.569. The van der Waals surface area contributed by atoms with Crippen LogP contribution in [-0.4, -0.2) is 29.4 Å². The first-order chi connectivity index (χ1) is 9.06. The number of hydrogen-bond acceptors (Lipinski definition) is 5. The van der Waals surface area contributed by atoms with Crippen molar-refractivity contribution in [2.24, 2.45) is 0 Å². The van der Waals surface area contributed by atoms with E-state index in [-0.39, 0.29) is 18.0 Å². The van der Waals surface area contributed by atoms with E-state index in [9.17, 15) is 19.7 Å². The molecule has 1 saturated heterocycles. The van der Waals surface area contributed by atoms with Crippen LogP contribution < -0.4 is 5.32 Å². The first kappa shape index (κ1) is 13.0. The topological polar surface area (TPSA) is 98.5 Å². The molecule has 1 N–H and O–H groups in total. The van der Waals surface area contributed by atoms with E-state index in [1.54, 1.807) is 6.07 Å². The van der Waals surface area contributed by atoms with Gasteiger partial charge in [-0.05, 0) is 5.56 Å². The van der Waals surface area contributed by atoms with Gasteiger partial charge >= 0.3 is 5.97 Å². The Morgan fingerprint density at radius 3 is 2.95 bits per heavy atom. The Hall–Kier alpha value is -2.44. The molecule has 1 aliphatic rings. The lowest BCUT2D eigenvalue weighted by molar-refractivity contribution is -0.384. The van der Waals surface area contributed by atoms with Crippen LogP contribution in [-0.2, 0) is 20.7 Å². The largest absolute Gasteiger partial charge is 0.464 e. The summed E-state index contributed by atoms with van der Waals surface area (Å²) in [6.07, 6.45) is 0.449. The highest BCUT2D eigenvalue weighted by Gasteiger charge is 2.27. The lowest BCUT2D eigenvalue weighted by Gasteiger charge is -2.08. The number of carbonyl (C=O) groups is 2. The number of esters is 1. The summed E-state index contributed by atoms with van der Waals surface area (Å²) in [5, 5.41) is 13.1. The third-order valence-corrected chi connectivity index (χ3v) is 2.76. The summed E-state index contributed by atoms with van der Waals surface area (Å²) in [7, 11) is 0. The van der Waals surface area contributed by atoms with Crippen LogP contribution in [0.2, 0.25) is 0 Å². The molecule has 0 radical (unpaired) electrons. The van der Waals surface area contributed by atoms with Gasteiger partial charge in [-0.1, -0.05) is 12.1 Å². The van der Waals surface area contributed by atoms with E-state index in [0.29, 0.717) is 18.6 Å². The van der Waals surface area contributed by atoms with Gasteiger partial charge in [-0.15, -0.1) is 0 Å². The van der Waals surface area contributed by atoms with Crippen molar-refractivity contribution in [1.82, 2.24) is 5.32 Å². The number of cyclic esters (lactones) is 1. The molecular weight excluding hydrogens is 252 g/mol. The van der Waals surface area contributed by atoms with Gasteiger partial charge in [-0.2, -0.15) is 0 Å². The Morgan fingerprint density at radius 1 is 1.53 bits per heavy atom. The van der Waals surface area contributed by atoms with Crippen molar-refractivity contribution in [2.75, 3.05) is 6.61 Å². The zero-order chi connectivity index (χ0) is 13.8. The quantitative estimate of drug-likeness (QED) is 0.487. The van der Waals surface area contributed by atoms with E-state index in [0.717, 1.165) is 0 Å². The summed E-state index contributed by atoms with van der Waals surface area (Å²) in [5.74, 6) is -0.795. The second-order valence-corrected chi connectivity index (χ2v) is 4.18. The number of hydrogen-bond donors (Lipinski definition) is 1. The molecule has 1 aromatic rings. The second-order valence-electron chi connectivity index (χ2n) is 4.18. The van der Waals surface area contributed by atoms with Gasteiger partial charge < -0.3 is 10.1 Å². The fourth-order valence-corrected chi connectivity index (χ4v) is 1.84. The third-order valence-electron chi connectivity index (χ3n) is 2.76. The Balaban J connectivity index is 1.97. The standard InChI is InChI=1S/C12H12N2O5/c15-11(13-10-4-5-19-12(10)16)7-8-2-1-3-9(6-8)14(17)18/h1-3,6,10H,4-5,7H2,(H,13,15)/t10-/m1/s1. The van der Waals surface area contributed by atoms with Gasteiger partial charge in [0.1, 0.15) is 6.04 Å². The number of benzene rings is 1. The molecule has 0 unspecified atom stereocenters. The molecule has 2 rings (SSSR count). The lowest BCUT2D eigenvalue weighted by Crippen LogP contribution is -2.38. The van der Waals surface area contributed by atoms with Gasteiger partial charge in [-0.3, -0.25) is 14.9 Å². The summed E-state index contributed by atoms with van der Waals surface area (Å²) in [4.78, 5) is 33.0. The molecule has 0 spiro atoms. The van der Waals surface area contributed by atoms with E-state index < -0.39 is 16.9 Å². The number of non-ortho nitro benzene ring substituents is 1. The molecule has 1 aromatic carbocycles. The molecule has 1 fully saturated rings. The normalized spacial score (nSPS) is 17.9. The number of rotatable bonds is 4. The predicted molar refractivity (Wildman–Crippen MR) is 64.3 cm³/mol. The van der Waals surface area contributed by atoms with Crippen LogP contribution in [0.15, 0.2) is 24.3 Å². The van der Waals surface area contributed by atoms with Crippen LogP contribution in [0.4, 0.5) is 5.69 Å². The number of carbonyl (C=O) groups excluding carboxylic acids is 2. The molecule has 1 aliphatic heterocycles. The molecule has 0 saturated carbocycles. The monoisotopic (exact) mass is 264 g/mol. The molecule has 100 valence electrons. The molecule has 7 nitrogen and oxygen atoms in total. The van der Waals surface area contributed by atoms with E-state index in [4.69, 9.17) is 4.74 Å². The molecule has 1 heterocycles. The molecular formula is C12H12N2O5. The van der Waals surface area contributed by atoms with Gasteiger partial charge in [0.05, 0.1) is 18.0 Å². The van der Waals surface area contributed by atoms with Crippen LogP contribution in [0.25, 0.3) is 0 Å². The highest BCUT2D eigenvalue weighted by molar-refractivity contribution is 5.86. The average molecular weight is 264 g/mol. The molecule has 0 aliphatic carbocycles. The Labute approximate surface area is 108 Å². The van der Waals surface area contributed by atoms with Gasteiger partial charge in [-0.25, -0.2) is 4.79 Å². The van der Waals surface area contributed by atoms with Crippen molar-refractivity contribution in [3.05, 3.63) is 39.9 Å². The minimum atomic E-state index is -0.605. The first-order valence-corrected chi connectivity index (χ1v) is 5.75. The fraction of sp³-hybridized carbons (Fsp3) is 0.333. The number of nitrogens with zero attached hydrogens (tertiary/aromatic N) is 1. The zero-order valence-corrected chi connectivity index (χ0v) is 10.00. The maximum absolute atomic E-state index is 11.7. The molecule has 1 amide bonds. The lowest BCUT2D eigenvalue weighted by atomic mass is 10.1. The number of nitro benzene ring substituents is 1. The van der Waals surface area contributed by atoms with E-state index in [1.807, 2.05) is 0 Å². The summed E-state index contributed by atoms with van der Waals surface area (Å²) in [6, 6.07) is 5.23. The SMILES string of the molecule is O=C(Cc1cccc([N+](=O)[O-])c1)N[C@@H]1CCOC1=O. The maximum Gasteiger partial charge on any atom is 0.328 e. The Morgan fingerprint density at radius 2 is 2.32 bits per heavy atom. The number of nitrogens with one attached hydrogen (secondary N) is 1. The minimum absolute atomic E-state index is 0.00847. The van der Waals surface area contributed by atoms with E-state index in [2.05, 4.69) is 5.32 Å². The molecule has 0 aromatic heterocycles. The maximum atomic E-state index is 11.7. The smallest absolute Gasteiger partial charge is 0.328 e. The van der Waals surface area contributed by atoms with E-state index in [1.165, 1.54) is 18.2 Å². The Bertz CT molecular complexity index is 529. The van der Waals surface area contributed by atoms with Gasteiger partial charge in [0.2, 0.25) is 5.91 Å². The summed E-state index contributed by atoms with van der Waals surface area (Å²) < 4.78 is 4.72. The summed E-state index contributed by atoms with van der Waals surface area (Å²) in [6.45, 7) is 0.306. The highest BCUT2D eigenvalue weighted by Crippen LogP contribution is 2.14. The highest BCUT2D eigenvalue weighted by atomic mass is 16.6. The average Bonchev–Trinajstić information content (AvgIpc) is 2.75.